The highest BCUT2D eigenvalue weighted by Gasteiger charge is 2.12. The quantitative estimate of drug-likeness (QED) is 0.808. The van der Waals surface area contributed by atoms with E-state index in [0.29, 0.717) is 0 Å². The van der Waals surface area contributed by atoms with Crippen molar-refractivity contribution in [1.82, 2.24) is 9.97 Å². The first-order valence-electron chi connectivity index (χ1n) is 6.76. The third kappa shape index (κ3) is 3.78. The number of nitrogens with zero attached hydrogens (tertiary/aromatic N) is 3. The summed E-state index contributed by atoms with van der Waals surface area (Å²) in [6, 6.07) is 0. The zero-order chi connectivity index (χ0) is 14.3. The summed E-state index contributed by atoms with van der Waals surface area (Å²) in [5.41, 5.74) is 2.20. The third-order valence-corrected chi connectivity index (χ3v) is 2.58. The molecule has 1 aliphatic rings. The first kappa shape index (κ1) is 15.2. The van der Waals surface area contributed by atoms with Gasteiger partial charge in [0.2, 0.25) is 0 Å². The normalized spacial score (nSPS) is 12.7. The lowest BCUT2D eigenvalue weighted by Crippen LogP contribution is -2.15. The second-order valence-electron chi connectivity index (χ2n) is 4.15. The van der Waals surface area contributed by atoms with Crippen molar-refractivity contribution in [2.75, 3.05) is 19.0 Å². The Hall–Kier alpha value is -1.90. The molecule has 1 aromatic heterocycles. The summed E-state index contributed by atoms with van der Waals surface area (Å²) in [5.74, 6) is 1.75. The Labute approximate surface area is 116 Å². The van der Waals surface area contributed by atoms with Crippen LogP contribution in [0.25, 0.3) is 12.2 Å². The van der Waals surface area contributed by atoms with Gasteiger partial charge in [0.25, 0.3) is 0 Å². The van der Waals surface area contributed by atoms with Crippen molar-refractivity contribution in [2.45, 2.75) is 27.2 Å². The molecule has 0 N–H and O–H groups in total. The summed E-state index contributed by atoms with van der Waals surface area (Å²) >= 11 is 0. The van der Waals surface area contributed by atoms with E-state index in [1.165, 1.54) is 0 Å². The van der Waals surface area contributed by atoms with Crippen LogP contribution >= 0.6 is 0 Å². The van der Waals surface area contributed by atoms with E-state index in [1.54, 1.807) is 0 Å². The summed E-state index contributed by atoms with van der Waals surface area (Å²) in [6.07, 6.45) is 13.0. The predicted octanol–water partition coefficient (Wildman–Crippen LogP) is 3.73. The molecule has 1 heterocycles. The molecule has 0 bridgehead atoms. The van der Waals surface area contributed by atoms with E-state index in [0.717, 1.165) is 29.3 Å². The Bertz CT molecular complexity index is 497. The Balaban J connectivity index is 0.000000861. The summed E-state index contributed by atoms with van der Waals surface area (Å²) < 4.78 is 0. The molecule has 0 atom stereocenters. The van der Waals surface area contributed by atoms with Gasteiger partial charge in [-0.3, -0.25) is 0 Å². The van der Waals surface area contributed by atoms with E-state index in [4.69, 9.17) is 0 Å². The minimum Gasteiger partial charge on any atom is -0.362 e. The van der Waals surface area contributed by atoms with Crippen LogP contribution in [0.15, 0.2) is 24.3 Å². The van der Waals surface area contributed by atoms with Crippen molar-refractivity contribution in [3.05, 3.63) is 41.4 Å². The molecule has 0 fully saturated rings. The first-order chi connectivity index (χ1) is 9.22. The van der Waals surface area contributed by atoms with E-state index in [-0.39, 0.29) is 0 Å². The topological polar surface area (TPSA) is 29.0 Å². The molecule has 0 saturated heterocycles. The number of aromatic nitrogens is 2. The van der Waals surface area contributed by atoms with Crippen molar-refractivity contribution >= 4 is 18.0 Å². The number of fused-ring (bicyclic) bond motifs is 1. The maximum absolute atomic E-state index is 4.58. The Morgan fingerprint density at radius 2 is 1.89 bits per heavy atom. The number of rotatable bonds is 2. The Kier molecular flexibility index (Phi) is 6.00. The van der Waals surface area contributed by atoms with E-state index in [9.17, 15) is 0 Å². The second kappa shape index (κ2) is 7.52. The molecule has 0 amide bonds. The van der Waals surface area contributed by atoms with Crippen LogP contribution < -0.4 is 4.90 Å². The molecule has 1 aromatic rings. The van der Waals surface area contributed by atoms with Gasteiger partial charge in [-0.05, 0) is 19.1 Å². The SMILES string of the molecule is C/C=C/c1nc2c(c(N(C)C)n1)C=CC=CC2.CC. The summed E-state index contributed by atoms with van der Waals surface area (Å²) in [5, 5.41) is 0. The monoisotopic (exact) mass is 257 g/mol. The third-order valence-electron chi connectivity index (χ3n) is 2.58. The molecule has 19 heavy (non-hydrogen) atoms. The predicted molar refractivity (Wildman–Crippen MR) is 84.3 cm³/mol. The van der Waals surface area contributed by atoms with E-state index >= 15 is 0 Å². The fourth-order valence-electron chi connectivity index (χ4n) is 1.82. The lowest BCUT2D eigenvalue weighted by Gasteiger charge is -2.16. The maximum atomic E-state index is 4.58. The molecule has 1 aliphatic carbocycles. The minimum atomic E-state index is 0.777. The van der Waals surface area contributed by atoms with Gasteiger partial charge in [-0.2, -0.15) is 0 Å². The highest BCUT2D eigenvalue weighted by atomic mass is 15.2. The minimum absolute atomic E-state index is 0.777. The van der Waals surface area contributed by atoms with Gasteiger partial charge in [0, 0.05) is 26.1 Å². The standard InChI is InChI=1S/C14H17N3.C2H6/c1-4-8-13-15-12-10-7-5-6-9-11(12)14(16-13)17(2)3;1-2/h4-9H,10H2,1-3H3;1-2H3/b8-4+;. The molecular weight excluding hydrogens is 234 g/mol. The summed E-state index contributed by atoms with van der Waals surface area (Å²) in [7, 11) is 4.02. The summed E-state index contributed by atoms with van der Waals surface area (Å²) in [6.45, 7) is 5.98. The maximum Gasteiger partial charge on any atom is 0.154 e. The van der Waals surface area contributed by atoms with E-state index in [2.05, 4.69) is 28.2 Å². The average molecular weight is 257 g/mol. The van der Waals surface area contributed by atoms with Gasteiger partial charge in [-0.15, -0.1) is 0 Å². The van der Waals surface area contributed by atoms with Crippen LogP contribution in [0.1, 0.15) is 37.9 Å². The fourth-order valence-corrected chi connectivity index (χ4v) is 1.82. The van der Waals surface area contributed by atoms with Crippen LogP contribution in [0.5, 0.6) is 0 Å². The fraction of sp³-hybridized carbons (Fsp3) is 0.375. The zero-order valence-corrected chi connectivity index (χ0v) is 12.5. The van der Waals surface area contributed by atoms with Gasteiger partial charge in [0.15, 0.2) is 5.82 Å². The van der Waals surface area contributed by atoms with Crippen molar-refractivity contribution in [3.63, 3.8) is 0 Å². The van der Waals surface area contributed by atoms with Gasteiger partial charge >= 0.3 is 0 Å². The second-order valence-corrected chi connectivity index (χ2v) is 4.15. The molecule has 0 aromatic carbocycles. The van der Waals surface area contributed by atoms with Gasteiger partial charge in [0.05, 0.1) is 5.69 Å². The largest absolute Gasteiger partial charge is 0.362 e. The number of allylic oxidation sites excluding steroid dienone is 4. The number of hydrogen-bond donors (Lipinski definition) is 0. The van der Waals surface area contributed by atoms with Gasteiger partial charge in [-0.25, -0.2) is 9.97 Å². The van der Waals surface area contributed by atoms with Crippen LogP contribution in [-0.4, -0.2) is 24.1 Å². The molecule has 0 unspecified atom stereocenters. The van der Waals surface area contributed by atoms with Crippen LogP contribution in [0.2, 0.25) is 0 Å². The Morgan fingerprint density at radius 3 is 2.53 bits per heavy atom. The average Bonchev–Trinajstić information content (AvgIpc) is 2.65. The molecule has 3 heteroatoms. The number of hydrogen-bond acceptors (Lipinski definition) is 3. The van der Waals surface area contributed by atoms with Gasteiger partial charge in [0.1, 0.15) is 5.82 Å². The molecule has 2 rings (SSSR count). The van der Waals surface area contributed by atoms with Crippen molar-refractivity contribution in [2.24, 2.45) is 0 Å². The van der Waals surface area contributed by atoms with Gasteiger partial charge in [-0.1, -0.05) is 38.2 Å². The summed E-state index contributed by atoms with van der Waals surface area (Å²) in [4.78, 5) is 11.2. The molecule has 0 spiro atoms. The van der Waals surface area contributed by atoms with Crippen LogP contribution in [0.3, 0.4) is 0 Å². The van der Waals surface area contributed by atoms with Crippen molar-refractivity contribution < 1.29 is 0 Å². The van der Waals surface area contributed by atoms with E-state index < -0.39 is 0 Å². The highest BCUT2D eigenvalue weighted by Crippen LogP contribution is 2.23. The lowest BCUT2D eigenvalue weighted by atomic mass is 10.1. The zero-order valence-electron chi connectivity index (χ0n) is 12.5. The molecular formula is C16H23N3. The first-order valence-corrected chi connectivity index (χ1v) is 6.76. The molecule has 102 valence electrons. The van der Waals surface area contributed by atoms with Gasteiger partial charge < -0.3 is 4.90 Å². The van der Waals surface area contributed by atoms with Crippen LogP contribution in [0, 0.1) is 0 Å². The lowest BCUT2D eigenvalue weighted by molar-refractivity contribution is 0.974. The number of anilines is 1. The molecule has 0 saturated carbocycles. The molecule has 0 aliphatic heterocycles. The smallest absolute Gasteiger partial charge is 0.154 e. The van der Waals surface area contributed by atoms with Crippen molar-refractivity contribution in [3.8, 4) is 0 Å². The molecule has 0 radical (unpaired) electrons. The van der Waals surface area contributed by atoms with Crippen LogP contribution in [0.4, 0.5) is 5.82 Å². The van der Waals surface area contributed by atoms with E-state index in [1.807, 2.05) is 58.0 Å². The molecule has 3 nitrogen and oxygen atoms in total. The van der Waals surface area contributed by atoms with Crippen LogP contribution in [-0.2, 0) is 6.42 Å². The highest BCUT2D eigenvalue weighted by molar-refractivity contribution is 5.68. The Morgan fingerprint density at radius 1 is 1.16 bits per heavy atom. The van der Waals surface area contributed by atoms with Crippen molar-refractivity contribution in [1.29, 1.82) is 0 Å².